The molecule has 6 heteroatoms. The largest absolute Gasteiger partial charge is 0.369 e. The lowest BCUT2D eigenvalue weighted by Gasteiger charge is -2.19. The highest BCUT2D eigenvalue weighted by atomic mass is 32.1. The highest BCUT2D eigenvalue weighted by molar-refractivity contribution is 7.10. The van der Waals surface area contributed by atoms with Crippen LogP contribution in [0, 0.1) is 6.92 Å². The van der Waals surface area contributed by atoms with Crippen molar-refractivity contribution in [2.75, 3.05) is 5.73 Å². The van der Waals surface area contributed by atoms with Crippen LogP contribution in [0.3, 0.4) is 0 Å². The number of rotatable bonds is 5. The highest BCUT2D eigenvalue weighted by Crippen LogP contribution is 2.33. The number of aryl methyl sites for hydroxylation is 2. The van der Waals surface area contributed by atoms with E-state index in [0.29, 0.717) is 5.95 Å². The zero-order valence-corrected chi connectivity index (χ0v) is 13.5. The first kappa shape index (κ1) is 14.1. The third-order valence-electron chi connectivity index (χ3n) is 3.82. The number of anilines is 1. The number of imidazole rings is 1. The SMILES string of the molecule is CCCC(c1cccs1)n1c(N)nc2c(C)nn(CC)c21. The molecule has 0 aliphatic carbocycles. The summed E-state index contributed by atoms with van der Waals surface area (Å²) in [5, 5.41) is 6.69. The number of fused-ring (bicyclic) bond motifs is 1. The Bertz CT molecular complexity index is 738. The van der Waals surface area contributed by atoms with Crippen molar-refractivity contribution in [3.63, 3.8) is 0 Å². The fourth-order valence-electron chi connectivity index (χ4n) is 2.89. The lowest BCUT2D eigenvalue weighted by atomic mass is 10.1. The van der Waals surface area contributed by atoms with Crippen LogP contribution in [0.2, 0.25) is 0 Å². The predicted octanol–water partition coefficient (Wildman–Crippen LogP) is 3.59. The summed E-state index contributed by atoms with van der Waals surface area (Å²) in [4.78, 5) is 5.88. The summed E-state index contributed by atoms with van der Waals surface area (Å²) in [5.41, 5.74) is 9.15. The molecule has 3 rings (SSSR count). The number of thiophene rings is 1. The van der Waals surface area contributed by atoms with Gasteiger partial charge < -0.3 is 5.73 Å². The molecule has 3 aromatic heterocycles. The van der Waals surface area contributed by atoms with E-state index in [1.165, 1.54) is 4.88 Å². The Balaban J connectivity index is 2.23. The average molecular weight is 303 g/mol. The Morgan fingerprint density at radius 3 is 2.81 bits per heavy atom. The molecular weight excluding hydrogens is 282 g/mol. The van der Waals surface area contributed by atoms with Crippen molar-refractivity contribution in [3.8, 4) is 0 Å². The van der Waals surface area contributed by atoms with Gasteiger partial charge in [-0.3, -0.25) is 4.57 Å². The Morgan fingerprint density at radius 1 is 1.38 bits per heavy atom. The Labute approximate surface area is 128 Å². The molecular formula is C15H21N5S. The third-order valence-corrected chi connectivity index (χ3v) is 4.79. The molecule has 0 spiro atoms. The minimum absolute atomic E-state index is 0.237. The number of nitrogens with two attached hydrogens (primary N) is 1. The second-order valence-electron chi connectivity index (χ2n) is 5.23. The molecule has 0 saturated heterocycles. The molecule has 21 heavy (non-hydrogen) atoms. The van der Waals surface area contributed by atoms with Crippen LogP contribution < -0.4 is 5.73 Å². The number of hydrogen-bond donors (Lipinski definition) is 1. The fraction of sp³-hybridized carbons (Fsp3) is 0.467. The van der Waals surface area contributed by atoms with Crippen LogP contribution in [0.1, 0.15) is 43.3 Å². The van der Waals surface area contributed by atoms with Gasteiger partial charge in [0.05, 0.1) is 11.7 Å². The van der Waals surface area contributed by atoms with E-state index in [9.17, 15) is 0 Å². The molecule has 0 bridgehead atoms. The van der Waals surface area contributed by atoms with Crippen molar-refractivity contribution in [2.45, 2.75) is 46.2 Å². The normalized spacial score (nSPS) is 13.1. The maximum Gasteiger partial charge on any atom is 0.203 e. The van der Waals surface area contributed by atoms with Gasteiger partial charge in [0.1, 0.15) is 5.52 Å². The van der Waals surface area contributed by atoms with Crippen LogP contribution in [0.25, 0.3) is 11.2 Å². The first-order valence-corrected chi connectivity index (χ1v) is 8.29. The Morgan fingerprint density at radius 2 is 2.19 bits per heavy atom. The van der Waals surface area contributed by atoms with Gasteiger partial charge in [-0.2, -0.15) is 5.10 Å². The van der Waals surface area contributed by atoms with Crippen molar-refractivity contribution in [3.05, 3.63) is 28.1 Å². The minimum atomic E-state index is 0.237. The monoisotopic (exact) mass is 303 g/mol. The standard InChI is InChI=1S/C15H21N5S/c1-4-7-11(12-8-6-9-21-12)20-14-13(17-15(20)16)10(3)18-19(14)5-2/h6,8-9,11H,4-5,7H2,1-3H3,(H2,16,17). The van der Waals surface area contributed by atoms with Crippen molar-refractivity contribution in [1.82, 2.24) is 19.3 Å². The number of nitrogen functional groups attached to an aromatic ring is 1. The predicted molar refractivity (Wildman–Crippen MR) is 87.7 cm³/mol. The highest BCUT2D eigenvalue weighted by Gasteiger charge is 2.24. The van der Waals surface area contributed by atoms with Crippen molar-refractivity contribution in [1.29, 1.82) is 0 Å². The van der Waals surface area contributed by atoms with Crippen LogP contribution >= 0.6 is 11.3 Å². The minimum Gasteiger partial charge on any atom is -0.369 e. The van der Waals surface area contributed by atoms with Crippen LogP contribution in [0.15, 0.2) is 17.5 Å². The molecule has 0 radical (unpaired) electrons. The summed E-state index contributed by atoms with van der Waals surface area (Å²) in [7, 11) is 0. The summed E-state index contributed by atoms with van der Waals surface area (Å²) in [5.74, 6) is 0.583. The van der Waals surface area contributed by atoms with E-state index in [1.807, 2.05) is 11.6 Å². The molecule has 3 heterocycles. The van der Waals surface area contributed by atoms with Gasteiger partial charge in [-0.25, -0.2) is 9.67 Å². The maximum atomic E-state index is 6.24. The second-order valence-corrected chi connectivity index (χ2v) is 6.21. The summed E-state index contributed by atoms with van der Waals surface area (Å²) in [6.07, 6.45) is 2.14. The third kappa shape index (κ3) is 2.23. The molecule has 0 amide bonds. The summed E-state index contributed by atoms with van der Waals surface area (Å²) >= 11 is 1.77. The molecule has 2 N–H and O–H groups in total. The van der Waals surface area contributed by atoms with E-state index < -0.39 is 0 Å². The molecule has 0 aliphatic rings. The molecule has 0 aromatic carbocycles. The van der Waals surface area contributed by atoms with Crippen LogP contribution in [0.5, 0.6) is 0 Å². The van der Waals surface area contributed by atoms with E-state index in [-0.39, 0.29) is 6.04 Å². The van der Waals surface area contributed by atoms with Crippen molar-refractivity contribution >= 4 is 28.4 Å². The molecule has 1 atom stereocenters. The average Bonchev–Trinajstić information content (AvgIpc) is 3.15. The topological polar surface area (TPSA) is 61.7 Å². The van der Waals surface area contributed by atoms with Gasteiger partial charge >= 0.3 is 0 Å². The molecule has 0 fully saturated rings. The van der Waals surface area contributed by atoms with Gasteiger partial charge in [0.15, 0.2) is 5.65 Å². The van der Waals surface area contributed by atoms with Gasteiger partial charge in [0.25, 0.3) is 0 Å². The van der Waals surface area contributed by atoms with Crippen LogP contribution in [-0.4, -0.2) is 19.3 Å². The van der Waals surface area contributed by atoms with Crippen LogP contribution in [-0.2, 0) is 6.54 Å². The quantitative estimate of drug-likeness (QED) is 0.783. The Kier molecular flexibility index (Phi) is 3.71. The first-order valence-electron chi connectivity index (χ1n) is 7.41. The van der Waals surface area contributed by atoms with E-state index in [0.717, 1.165) is 36.2 Å². The summed E-state index contributed by atoms with van der Waals surface area (Å²) < 4.78 is 4.17. The second kappa shape index (κ2) is 5.52. The van der Waals surface area contributed by atoms with Gasteiger partial charge in [-0.1, -0.05) is 19.4 Å². The van der Waals surface area contributed by atoms with Gasteiger partial charge in [-0.15, -0.1) is 11.3 Å². The fourth-order valence-corrected chi connectivity index (χ4v) is 3.74. The molecule has 0 aliphatic heterocycles. The lowest BCUT2D eigenvalue weighted by Crippen LogP contribution is -2.15. The molecule has 1 unspecified atom stereocenters. The smallest absolute Gasteiger partial charge is 0.203 e. The zero-order chi connectivity index (χ0) is 15.0. The number of nitrogens with zero attached hydrogens (tertiary/aromatic N) is 4. The van der Waals surface area contributed by atoms with E-state index >= 15 is 0 Å². The van der Waals surface area contributed by atoms with Gasteiger partial charge in [-0.05, 0) is 31.7 Å². The number of hydrogen-bond acceptors (Lipinski definition) is 4. The Hall–Kier alpha value is -1.82. The van der Waals surface area contributed by atoms with E-state index in [1.54, 1.807) is 11.3 Å². The van der Waals surface area contributed by atoms with Crippen molar-refractivity contribution < 1.29 is 0 Å². The maximum absolute atomic E-state index is 6.24. The summed E-state index contributed by atoms with van der Waals surface area (Å²) in [6.45, 7) is 7.11. The van der Waals surface area contributed by atoms with Crippen molar-refractivity contribution in [2.24, 2.45) is 0 Å². The molecule has 112 valence electrons. The van der Waals surface area contributed by atoms with E-state index in [2.05, 4.69) is 46.0 Å². The van der Waals surface area contributed by atoms with Crippen LogP contribution in [0.4, 0.5) is 5.95 Å². The van der Waals surface area contributed by atoms with Gasteiger partial charge in [0, 0.05) is 11.4 Å². The molecule has 0 saturated carbocycles. The molecule has 5 nitrogen and oxygen atoms in total. The van der Waals surface area contributed by atoms with Gasteiger partial charge in [0.2, 0.25) is 5.95 Å². The summed E-state index contributed by atoms with van der Waals surface area (Å²) in [6, 6.07) is 4.51. The molecule has 3 aromatic rings. The number of aromatic nitrogens is 4. The zero-order valence-electron chi connectivity index (χ0n) is 12.7. The van der Waals surface area contributed by atoms with E-state index in [4.69, 9.17) is 5.73 Å². The lowest BCUT2D eigenvalue weighted by molar-refractivity contribution is 0.540. The first-order chi connectivity index (χ1) is 10.2.